The standard InChI is InChI=1S/C17H24N6O2/c1-17(2,3)15(24)10-23-9-13(20-21-23)16(25)19-12-6-5-7-14-11(12)8-18-22(14)4/h8-9,12H,5-7,10H2,1-4H3,(H,19,25)/t12-/m0/s1. The van der Waals surface area contributed by atoms with Gasteiger partial charge in [-0.25, -0.2) is 4.68 Å². The second-order valence-electron chi connectivity index (χ2n) is 7.56. The summed E-state index contributed by atoms with van der Waals surface area (Å²) in [4.78, 5) is 24.6. The molecule has 1 atom stereocenters. The minimum Gasteiger partial charge on any atom is -0.344 e. The van der Waals surface area contributed by atoms with Gasteiger partial charge in [-0.15, -0.1) is 5.10 Å². The van der Waals surface area contributed by atoms with Gasteiger partial charge in [-0.3, -0.25) is 14.3 Å². The fourth-order valence-corrected chi connectivity index (χ4v) is 2.95. The maximum Gasteiger partial charge on any atom is 0.273 e. The van der Waals surface area contributed by atoms with Crippen LogP contribution in [-0.4, -0.2) is 36.5 Å². The maximum absolute atomic E-state index is 12.5. The van der Waals surface area contributed by atoms with Gasteiger partial charge < -0.3 is 5.32 Å². The number of aryl methyl sites for hydroxylation is 1. The molecule has 0 unspecified atom stereocenters. The van der Waals surface area contributed by atoms with Gasteiger partial charge in [0.15, 0.2) is 11.5 Å². The molecule has 0 radical (unpaired) electrons. The second-order valence-corrected chi connectivity index (χ2v) is 7.56. The topological polar surface area (TPSA) is 94.7 Å². The fraction of sp³-hybridized carbons (Fsp3) is 0.588. The number of amides is 1. The zero-order chi connectivity index (χ0) is 18.2. The molecule has 2 aromatic rings. The van der Waals surface area contributed by atoms with Crippen LogP contribution in [0.3, 0.4) is 0 Å². The molecule has 134 valence electrons. The molecular weight excluding hydrogens is 320 g/mol. The molecule has 2 aromatic heterocycles. The Labute approximate surface area is 146 Å². The molecule has 1 amide bonds. The lowest BCUT2D eigenvalue weighted by Gasteiger charge is -2.23. The number of nitrogens with zero attached hydrogens (tertiary/aromatic N) is 5. The van der Waals surface area contributed by atoms with Crippen molar-refractivity contribution >= 4 is 11.7 Å². The van der Waals surface area contributed by atoms with Gasteiger partial charge in [0.05, 0.1) is 18.4 Å². The first-order chi connectivity index (χ1) is 11.8. The summed E-state index contributed by atoms with van der Waals surface area (Å²) in [5.74, 6) is -0.243. The Hall–Kier alpha value is -2.51. The van der Waals surface area contributed by atoms with E-state index in [2.05, 4.69) is 20.7 Å². The van der Waals surface area contributed by atoms with Crippen molar-refractivity contribution in [3.8, 4) is 0 Å². The smallest absolute Gasteiger partial charge is 0.273 e. The number of carbonyl (C=O) groups is 2. The van der Waals surface area contributed by atoms with Gasteiger partial charge in [0.1, 0.15) is 6.54 Å². The molecule has 8 heteroatoms. The third-order valence-corrected chi connectivity index (χ3v) is 4.59. The Morgan fingerprint density at radius 3 is 2.84 bits per heavy atom. The normalized spacial score (nSPS) is 17.2. The highest BCUT2D eigenvalue weighted by molar-refractivity contribution is 5.92. The summed E-state index contributed by atoms with van der Waals surface area (Å²) in [6.45, 7) is 5.68. The number of hydrogen-bond acceptors (Lipinski definition) is 5. The lowest BCUT2D eigenvalue weighted by atomic mass is 9.91. The van der Waals surface area contributed by atoms with E-state index in [0.717, 1.165) is 30.5 Å². The van der Waals surface area contributed by atoms with Gasteiger partial charge in [-0.1, -0.05) is 26.0 Å². The van der Waals surface area contributed by atoms with Crippen LogP contribution < -0.4 is 5.32 Å². The number of aromatic nitrogens is 5. The van der Waals surface area contributed by atoms with Gasteiger partial charge in [0, 0.05) is 23.7 Å². The molecule has 0 bridgehead atoms. The van der Waals surface area contributed by atoms with Gasteiger partial charge >= 0.3 is 0 Å². The highest BCUT2D eigenvalue weighted by Gasteiger charge is 2.26. The molecule has 0 fully saturated rings. The number of nitrogens with one attached hydrogen (secondary N) is 1. The largest absolute Gasteiger partial charge is 0.344 e. The van der Waals surface area contributed by atoms with E-state index in [1.54, 1.807) is 0 Å². The van der Waals surface area contributed by atoms with Crippen LogP contribution in [0, 0.1) is 5.41 Å². The zero-order valence-corrected chi connectivity index (χ0v) is 15.1. The Morgan fingerprint density at radius 1 is 1.36 bits per heavy atom. The number of Topliss-reactive ketones (excluding diaryl/α,β-unsaturated/α-hetero) is 1. The summed E-state index contributed by atoms with van der Waals surface area (Å²) in [5, 5.41) is 15.1. The van der Waals surface area contributed by atoms with Gasteiger partial charge in [0.25, 0.3) is 5.91 Å². The van der Waals surface area contributed by atoms with Crippen molar-refractivity contribution in [3.63, 3.8) is 0 Å². The van der Waals surface area contributed by atoms with Crippen molar-refractivity contribution in [2.24, 2.45) is 12.5 Å². The van der Waals surface area contributed by atoms with Gasteiger partial charge in [-0.2, -0.15) is 5.10 Å². The third kappa shape index (κ3) is 3.62. The van der Waals surface area contributed by atoms with E-state index < -0.39 is 5.41 Å². The number of fused-ring (bicyclic) bond motifs is 1. The van der Waals surface area contributed by atoms with Crippen LogP contribution in [0.2, 0.25) is 0 Å². The summed E-state index contributed by atoms with van der Waals surface area (Å²) >= 11 is 0. The Balaban J connectivity index is 1.68. The van der Waals surface area contributed by atoms with E-state index in [0.29, 0.717) is 0 Å². The van der Waals surface area contributed by atoms with Crippen molar-refractivity contribution in [2.45, 2.75) is 52.6 Å². The molecule has 1 N–H and O–H groups in total. The van der Waals surface area contributed by atoms with E-state index in [1.807, 2.05) is 38.7 Å². The van der Waals surface area contributed by atoms with Crippen LogP contribution in [-0.2, 0) is 24.8 Å². The number of hydrogen-bond donors (Lipinski definition) is 1. The summed E-state index contributed by atoms with van der Waals surface area (Å²) in [7, 11) is 1.92. The first kappa shape index (κ1) is 17.3. The zero-order valence-electron chi connectivity index (χ0n) is 15.1. The van der Waals surface area contributed by atoms with E-state index >= 15 is 0 Å². The molecule has 0 aromatic carbocycles. The molecule has 25 heavy (non-hydrogen) atoms. The molecule has 0 saturated heterocycles. The molecule has 0 saturated carbocycles. The first-order valence-corrected chi connectivity index (χ1v) is 8.51. The highest BCUT2D eigenvalue weighted by atomic mass is 16.2. The minimum absolute atomic E-state index is 0.0386. The van der Waals surface area contributed by atoms with Gasteiger partial charge in [-0.05, 0) is 19.3 Å². The monoisotopic (exact) mass is 344 g/mol. The Bertz CT molecular complexity index is 798. The van der Waals surface area contributed by atoms with Crippen LogP contribution in [0.15, 0.2) is 12.4 Å². The summed E-state index contributed by atoms with van der Waals surface area (Å²) in [5.41, 5.74) is 2.00. The lowest BCUT2D eigenvalue weighted by Crippen LogP contribution is -2.31. The van der Waals surface area contributed by atoms with E-state index in [1.165, 1.54) is 10.9 Å². The molecular formula is C17H24N6O2. The summed E-state index contributed by atoms with van der Waals surface area (Å²) in [6.07, 6.45) is 6.19. The lowest BCUT2D eigenvalue weighted by molar-refractivity contribution is -0.127. The van der Waals surface area contributed by atoms with Crippen LogP contribution in [0.1, 0.15) is 61.4 Å². The predicted octanol–water partition coefficient (Wildman–Crippen LogP) is 1.43. The van der Waals surface area contributed by atoms with Crippen LogP contribution in [0.4, 0.5) is 0 Å². The first-order valence-electron chi connectivity index (χ1n) is 8.51. The average molecular weight is 344 g/mol. The van der Waals surface area contributed by atoms with Crippen molar-refractivity contribution in [1.82, 2.24) is 30.1 Å². The Morgan fingerprint density at radius 2 is 2.12 bits per heavy atom. The highest BCUT2D eigenvalue weighted by Crippen LogP contribution is 2.29. The summed E-state index contributed by atoms with van der Waals surface area (Å²) in [6, 6.07) is -0.0636. The number of ketones is 1. The summed E-state index contributed by atoms with van der Waals surface area (Å²) < 4.78 is 3.28. The van der Waals surface area contributed by atoms with Crippen LogP contribution >= 0.6 is 0 Å². The van der Waals surface area contributed by atoms with Crippen molar-refractivity contribution in [3.05, 3.63) is 29.3 Å². The quantitative estimate of drug-likeness (QED) is 0.905. The van der Waals surface area contributed by atoms with E-state index in [-0.39, 0.29) is 30.0 Å². The SMILES string of the molecule is Cn1ncc2c1CCC[C@@H]2NC(=O)c1cn(CC(=O)C(C)(C)C)nn1. The van der Waals surface area contributed by atoms with E-state index in [4.69, 9.17) is 0 Å². The molecule has 2 heterocycles. The van der Waals surface area contributed by atoms with Crippen molar-refractivity contribution in [2.75, 3.05) is 0 Å². The molecule has 0 aliphatic heterocycles. The minimum atomic E-state index is -0.451. The van der Waals surface area contributed by atoms with Crippen molar-refractivity contribution in [1.29, 1.82) is 0 Å². The molecule has 3 rings (SSSR count). The fourth-order valence-electron chi connectivity index (χ4n) is 2.95. The van der Waals surface area contributed by atoms with Gasteiger partial charge in [0.2, 0.25) is 0 Å². The van der Waals surface area contributed by atoms with E-state index in [9.17, 15) is 9.59 Å². The molecule has 0 spiro atoms. The molecule has 1 aliphatic rings. The predicted molar refractivity (Wildman–Crippen MR) is 90.8 cm³/mol. The molecule has 1 aliphatic carbocycles. The third-order valence-electron chi connectivity index (χ3n) is 4.59. The average Bonchev–Trinajstić information content (AvgIpc) is 3.15. The van der Waals surface area contributed by atoms with Crippen LogP contribution in [0.25, 0.3) is 0 Å². The maximum atomic E-state index is 12.5. The number of carbonyl (C=O) groups excluding carboxylic acids is 2. The number of rotatable bonds is 4. The second kappa shape index (κ2) is 6.42. The van der Waals surface area contributed by atoms with Crippen LogP contribution in [0.5, 0.6) is 0 Å². The Kier molecular flexibility index (Phi) is 4.45. The van der Waals surface area contributed by atoms with Crippen molar-refractivity contribution < 1.29 is 9.59 Å². The molecule has 8 nitrogen and oxygen atoms in total.